The summed E-state index contributed by atoms with van der Waals surface area (Å²) >= 11 is 5.95. The number of nitro groups is 1. The molecule has 0 bridgehead atoms. The van der Waals surface area contributed by atoms with Crippen molar-refractivity contribution in [2.75, 3.05) is 5.32 Å². The van der Waals surface area contributed by atoms with Crippen molar-refractivity contribution < 1.29 is 23.2 Å². The second kappa shape index (κ2) is 10.3. The van der Waals surface area contributed by atoms with Crippen LogP contribution in [0, 0.1) is 21.7 Å². The molecule has 2 aromatic heterocycles. The van der Waals surface area contributed by atoms with Gasteiger partial charge in [0.05, 0.1) is 28.0 Å². The molecular weight excluding hydrogens is 576 g/mol. The number of hydrogen-bond donors (Lipinski definition) is 1. The van der Waals surface area contributed by atoms with Crippen LogP contribution in [0.1, 0.15) is 34.6 Å². The second-order valence-electron chi connectivity index (χ2n) is 9.47. The maximum absolute atomic E-state index is 14.8. The number of nitrogens with zero attached hydrogens (tertiary/aromatic N) is 6. The highest BCUT2D eigenvalue weighted by Gasteiger charge is 2.39. The normalized spacial score (nSPS) is 15.8. The molecule has 3 heterocycles. The number of hydrogen-bond acceptors (Lipinski definition) is 9. The first-order chi connectivity index (χ1) is 20.1. The number of aromatic nitrogens is 5. The molecule has 0 amide bonds. The van der Waals surface area contributed by atoms with Gasteiger partial charge in [-0.2, -0.15) is 10.2 Å². The van der Waals surface area contributed by atoms with Gasteiger partial charge in [-0.05, 0) is 47.5 Å². The Labute approximate surface area is 239 Å². The number of aryl methyl sites for hydroxylation is 1. The predicted molar refractivity (Wildman–Crippen MR) is 145 cm³/mol. The number of nitrogens with one attached hydrogen (secondary N) is 1. The van der Waals surface area contributed by atoms with E-state index in [2.05, 4.69) is 20.5 Å². The van der Waals surface area contributed by atoms with Gasteiger partial charge in [-0.1, -0.05) is 23.7 Å². The number of carbonyl (C=O) groups excluding carboxylic acids is 1. The van der Waals surface area contributed by atoms with Gasteiger partial charge in [0.25, 0.3) is 11.2 Å². The molecule has 0 saturated heterocycles. The summed E-state index contributed by atoms with van der Waals surface area (Å²) in [7, 11) is 1.65. The minimum atomic E-state index is -1.17. The van der Waals surface area contributed by atoms with Gasteiger partial charge in [-0.3, -0.25) is 19.6 Å². The van der Waals surface area contributed by atoms with Gasteiger partial charge in [0.1, 0.15) is 35.4 Å². The maximum atomic E-state index is 14.8. The Kier molecular flexibility index (Phi) is 6.61. The Morgan fingerprint density at radius 1 is 1.14 bits per heavy atom. The van der Waals surface area contributed by atoms with Gasteiger partial charge in [0.15, 0.2) is 0 Å². The fourth-order valence-corrected chi connectivity index (χ4v) is 5.30. The summed E-state index contributed by atoms with van der Waals surface area (Å²) in [6.45, 7) is -0.390. The highest BCUT2D eigenvalue weighted by Crippen LogP contribution is 2.46. The molecule has 42 heavy (non-hydrogen) atoms. The zero-order valence-corrected chi connectivity index (χ0v) is 22.2. The Bertz CT molecular complexity index is 1960. The van der Waals surface area contributed by atoms with E-state index < -0.39 is 40.2 Å². The lowest BCUT2D eigenvalue weighted by Crippen LogP contribution is -2.36. The monoisotopic (exact) mass is 593 g/mol. The molecule has 1 aliphatic heterocycles. The minimum Gasteiger partial charge on any atom is -0.443 e. The first kappa shape index (κ1) is 27.0. The van der Waals surface area contributed by atoms with E-state index in [1.54, 1.807) is 19.2 Å². The van der Waals surface area contributed by atoms with E-state index in [0.29, 0.717) is 21.6 Å². The van der Waals surface area contributed by atoms with Gasteiger partial charge in [-0.15, -0.1) is 4.68 Å². The smallest absolute Gasteiger partial charge is 0.438 e. The molecule has 12 nitrogen and oxygen atoms in total. The highest BCUT2D eigenvalue weighted by atomic mass is 35.5. The molecule has 0 unspecified atom stereocenters. The molecule has 0 spiro atoms. The predicted octanol–water partition coefficient (Wildman–Crippen LogP) is 4.85. The minimum absolute atomic E-state index is 0.137. The molecule has 5 aromatic rings. The molecule has 0 fully saturated rings. The molecule has 2 atom stereocenters. The molecule has 3 aromatic carbocycles. The Morgan fingerprint density at radius 3 is 2.57 bits per heavy atom. The van der Waals surface area contributed by atoms with E-state index in [0.717, 1.165) is 12.1 Å². The van der Waals surface area contributed by atoms with E-state index in [1.807, 2.05) is 0 Å². The van der Waals surface area contributed by atoms with Crippen LogP contribution < -0.4 is 10.9 Å². The molecule has 1 aliphatic rings. The van der Waals surface area contributed by atoms with E-state index in [1.165, 1.54) is 41.3 Å². The highest BCUT2D eigenvalue weighted by molar-refractivity contribution is 6.32. The van der Waals surface area contributed by atoms with E-state index in [-0.39, 0.29) is 39.5 Å². The van der Waals surface area contributed by atoms with Crippen LogP contribution in [0.15, 0.2) is 65.7 Å². The molecule has 6 rings (SSSR count). The molecule has 0 aliphatic carbocycles. The van der Waals surface area contributed by atoms with Crippen molar-refractivity contribution in [3.8, 4) is 0 Å². The van der Waals surface area contributed by atoms with Crippen molar-refractivity contribution in [2.45, 2.75) is 18.6 Å². The SMILES string of the molecule is Cn1ncnc1[C@H]1c2nn(C(=O)OCc3ccc([N+](=O)[O-])c(Cl)c3)c(=O)c3cc(F)cc(c23)N[C@@H]1c1ccc(F)cc1. The summed E-state index contributed by atoms with van der Waals surface area (Å²) in [5.74, 6) is -1.56. The van der Waals surface area contributed by atoms with Crippen molar-refractivity contribution in [3.63, 3.8) is 0 Å². The first-order valence-electron chi connectivity index (χ1n) is 12.3. The van der Waals surface area contributed by atoms with Gasteiger partial charge < -0.3 is 10.1 Å². The van der Waals surface area contributed by atoms with Crippen molar-refractivity contribution >= 4 is 39.8 Å². The van der Waals surface area contributed by atoms with Gasteiger partial charge in [-0.25, -0.2) is 18.6 Å². The number of ether oxygens (including phenoxy) is 1. The van der Waals surface area contributed by atoms with Crippen LogP contribution in [-0.4, -0.2) is 35.6 Å². The van der Waals surface area contributed by atoms with Crippen molar-refractivity contribution in [2.24, 2.45) is 7.05 Å². The van der Waals surface area contributed by atoms with Crippen LogP contribution in [-0.2, 0) is 18.4 Å². The number of anilines is 1. The third-order valence-electron chi connectivity index (χ3n) is 6.93. The summed E-state index contributed by atoms with van der Waals surface area (Å²) in [5, 5.41) is 22.8. The summed E-state index contributed by atoms with van der Waals surface area (Å²) in [4.78, 5) is 41.4. The van der Waals surface area contributed by atoms with Gasteiger partial charge in [0, 0.05) is 24.2 Å². The summed E-state index contributed by atoms with van der Waals surface area (Å²) in [6, 6.07) is 11.0. The number of carbonyl (C=O) groups is 1. The summed E-state index contributed by atoms with van der Waals surface area (Å²) in [5.41, 5.74) is 0.123. The number of benzene rings is 3. The Balaban J connectivity index is 1.47. The van der Waals surface area contributed by atoms with Gasteiger partial charge >= 0.3 is 6.09 Å². The Hall–Kier alpha value is -5.24. The van der Waals surface area contributed by atoms with Crippen LogP contribution in [0.25, 0.3) is 10.8 Å². The lowest BCUT2D eigenvalue weighted by Gasteiger charge is -2.34. The van der Waals surface area contributed by atoms with Crippen LogP contribution in [0.3, 0.4) is 0 Å². The third kappa shape index (κ3) is 4.60. The molecule has 1 N–H and O–H groups in total. The number of halogens is 3. The molecule has 15 heteroatoms. The van der Waals surface area contributed by atoms with Crippen LogP contribution in [0.4, 0.5) is 25.0 Å². The van der Waals surface area contributed by atoms with Gasteiger partial charge in [0.2, 0.25) is 0 Å². The fourth-order valence-electron chi connectivity index (χ4n) is 5.03. The quantitative estimate of drug-likeness (QED) is 0.223. The van der Waals surface area contributed by atoms with Crippen molar-refractivity contribution in [1.29, 1.82) is 0 Å². The molecule has 0 radical (unpaired) electrons. The lowest BCUT2D eigenvalue weighted by molar-refractivity contribution is -0.384. The first-order valence-corrected chi connectivity index (χ1v) is 12.7. The lowest BCUT2D eigenvalue weighted by atomic mass is 9.83. The maximum Gasteiger partial charge on any atom is 0.438 e. The Morgan fingerprint density at radius 2 is 1.90 bits per heavy atom. The van der Waals surface area contributed by atoms with Crippen LogP contribution in [0.5, 0.6) is 0 Å². The molecule has 0 saturated carbocycles. The second-order valence-corrected chi connectivity index (χ2v) is 9.88. The standard InChI is InChI=1S/C27H18ClF2N7O5/c1-35-25(31-12-32-35)22-23(14-3-5-15(29)6-4-14)33-19-10-16(30)9-17-21(19)24(22)34-36(26(17)38)27(39)42-11-13-2-7-20(37(40)41)18(28)8-13/h2-10,12,22-23,33H,11H2,1H3/t22-,23-/m1/s1. The summed E-state index contributed by atoms with van der Waals surface area (Å²) < 4.78 is 35.9. The van der Waals surface area contributed by atoms with E-state index in [4.69, 9.17) is 16.3 Å². The van der Waals surface area contributed by atoms with Crippen LogP contribution >= 0.6 is 11.6 Å². The van der Waals surface area contributed by atoms with Crippen molar-refractivity contribution in [3.05, 3.63) is 121 Å². The number of rotatable bonds is 5. The topological polar surface area (TPSA) is 147 Å². The largest absolute Gasteiger partial charge is 0.443 e. The average molecular weight is 594 g/mol. The zero-order valence-electron chi connectivity index (χ0n) is 21.5. The average Bonchev–Trinajstić information content (AvgIpc) is 3.38. The molecule has 212 valence electrons. The summed E-state index contributed by atoms with van der Waals surface area (Å²) in [6.07, 6.45) is 0.153. The molecular formula is C27H18ClF2N7O5. The van der Waals surface area contributed by atoms with E-state index >= 15 is 0 Å². The van der Waals surface area contributed by atoms with E-state index in [9.17, 15) is 28.5 Å². The van der Waals surface area contributed by atoms with Crippen LogP contribution in [0.2, 0.25) is 5.02 Å². The zero-order chi connectivity index (χ0) is 29.7. The van der Waals surface area contributed by atoms with Crippen molar-refractivity contribution in [1.82, 2.24) is 24.5 Å². The number of nitro benzene ring substituents is 1. The third-order valence-corrected chi connectivity index (χ3v) is 7.23. The fraction of sp³-hybridized carbons (Fsp3) is 0.148.